The minimum Gasteiger partial charge on any atom is -0.294 e. The average molecular weight is 521 g/mol. The third-order valence-electron chi connectivity index (χ3n) is 4.79. The van der Waals surface area contributed by atoms with Gasteiger partial charge in [-0.15, -0.1) is 46.4 Å². The summed E-state index contributed by atoms with van der Waals surface area (Å²) in [7, 11) is -2.44. The van der Waals surface area contributed by atoms with Gasteiger partial charge in [0.05, 0.1) is 15.9 Å². The average Bonchev–Trinajstić information content (AvgIpc) is 2.70. The molecule has 3 aromatic rings. The first-order valence-electron chi connectivity index (χ1n) is 8.42. The van der Waals surface area contributed by atoms with Gasteiger partial charge in [-0.25, -0.2) is 0 Å². The van der Waals surface area contributed by atoms with Gasteiger partial charge in [0.1, 0.15) is 0 Å². The fraction of sp³-hybridized carbons (Fsp3) is 0.100. The molecule has 0 aliphatic carbocycles. The Kier molecular flexibility index (Phi) is 7.23. The lowest BCUT2D eigenvalue weighted by molar-refractivity contribution is 1.67. The molecule has 140 valence electrons. The molecule has 0 radical (unpaired) electrons. The van der Waals surface area contributed by atoms with Crippen LogP contribution in [0.3, 0.4) is 0 Å². The van der Waals surface area contributed by atoms with Gasteiger partial charge in [-0.2, -0.15) is 0 Å². The van der Waals surface area contributed by atoms with E-state index in [0.717, 1.165) is 15.9 Å². The van der Waals surface area contributed by atoms with Crippen LogP contribution in [-0.2, 0) is 0 Å². The van der Waals surface area contributed by atoms with Gasteiger partial charge in [0, 0.05) is 9.47 Å². The van der Waals surface area contributed by atoms with Gasteiger partial charge in [0.25, 0.3) is 0 Å². The number of rotatable bonds is 6. The van der Waals surface area contributed by atoms with Crippen molar-refractivity contribution >= 4 is 89.9 Å². The van der Waals surface area contributed by atoms with Crippen molar-refractivity contribution in [1.29, 1.82) is 0 Å². The fourth-order valence-electron chi connectivity index (χ4n) is 3.57. The first-order valence-corrected chi connectivity index (χ1v) is 12.9. The summed E-state index contributed by atoms with van der Waals surface area (Å²) in [5.41, 5.74) is 0. The molecule has 3 rings (SSSR count). The molecule has 0 saturated carbocycles. The van der Waals surface area contributed by atoms with Crippen LogP contribution in [0.1, 0.15) is 0 Å². The van der Waals surface area contributed by atoms with E-state index in [4.69, 9.17) is 46.4 Å². The topological polar surface area (TPSA) is 0 Å². The monoisotopic (exact) mass is 518 g/mol. The summed E-state index contributed by atoms with van der Waals surface area (Å²) in [6.07, 6.45) is 0. The molecule has 0 fully saturated rings. The lowest BCUT2D eigenvalue weighted by Gasteiger charge is -2.48. The first-order chi connectivity index (χ1) is 13.0. The van der Waals surface area contributed by atoms with Crippen LogP contribution >= 0.6 is 69.3 Å². The molecule has 3 aromatic carbocycles. The Bertz CT molecular complexity index is 758. The van der Waals surface area contributed by atoms with Crippen LogP contribution in [0, 0.1) is 0 Å². The number of alkyl halides is 4. The highest BCUT2D eigenvalue weighted by molar-refractivity contribution is 9.30. The quantitative estimate of drug-likeness (QED) is 0.198. The summed E-state index contributed by atoms with van der Waals surface area (Å²) < 4.78 is -3.44. The van der Waals surface area contributed by atoms with Crippen molar-refractivity contribution in [1.82, 2.24) is 0 Å². The van der Waals surface area contributed by atoms with Crippen LogP contribution in [0.15, 0.2) is 91.0 Å². The zero-order chi connectivity index (χ0) is 19.5. The van der Waals surface area contributed by atoms with Crippen molar-refractivity contribution in [2.24, 2.45) is 0 Å². The van der Waals surface area contributed by atoms with Crippen LogP contribution in [0.4, 0.5) is 0 Å². The maximum absolute atomic E-state index is 6.62. The second-order valence-electron chi connectivity index (χ2n) is 6.24. The Labute approximate surface area is 189 Å². The number of benzene rings is 3. The predicted octanol–water partition coefficient (Wildman–Crippen LogP) is 6.50. The summed E-state index contributed by atoms with van der Waals surface area (Å²) in [5, 5.41) is 3.37. The van der Waals surface area contributed by atoms with E-state index < -0.39 is 21.3 Å². The number of hydrogen-bond donors (Lipinski definition) is 0. The van der Waals surface area contributed by atoms with Gasteiger partial charge >= 0.3 is 4.69 Å². The largest absolute Gasteiger partial charge is 0.303 e. The zero-order valence-electron chi connectivity index (χ0n) is 14.2. The zero-order valence-corrected chi connectivity index (χ0v) is 19.7. The van der Waals surface area contributed by atoms with Crippen molar-refractivity contribution in [3.05, 3.63) is 91.0 Å². The smallest absolute Gasteiger partial charge is 0.294 e. The van der Waals surface area contributed by atoms with E-state index in [0.29, 0.717) is 0 Å². The van der Waals surface area contributed by atoms with Gasteiger partial charge in [0.2, 0.25) is 0 Å². The third kappa shape index (κ3) is 3.70. The normalized spacial score (nSPS) is 12.6. The highest BCUT2D eigenvalue weighted by Crippen LogP contribution is 2.70. The predicted molar refractivity (Wildman–Crippen MR) is 131 cm³/mol. The molecule has 0 bridgehead atoms. The Balaban J connectivity index is 2.51. The summed E-state index contributed by atoms with van der Waals surface area (Å²) in [5.74, 6) is 0. The molecule has 0 spiro atoms. The highest BCUT2D eigenvalue weighted by Gasteiger charge is 2.62. The number of halogens is 5. The second-order valence-corrected chi connectivity index (χ2v) is 14.6. The van der Waals surface area contributed by atoms with Gasteiger partial charge in [0.15, 0.2) is 0 Å². The van der Waals surface area contributed by atoms with Crippen molar-refractivity contribution in [3.63, 3.8) is 0 Å². The van der Waals surface area contributed by atoms with Crippen molar-refractivity contribution in [2.45, 2.75) is 9.47 Å². The molecule has 0 aliphatic heterocycles. The third-order valence-corrected chi connectivity index (χ3v) is 16.3. The molecule has 0 heterocycles. The molecular weight excluding hydrogens is 504 g/mol. The highest BCUT2D eigenvalue weighted by atomic mass is 79.9. The van der Waals surface area contributed by atoms with Crippen LogP contribution in [0.2, 0.25) is 0 Å². The fourth-order valence-corrected chi connectivity index (χ4v) is 13.5. The summed E-state index contributed by atoms with van der Waals surface area (Å²) in [6, 6.07) is 30.8. The van der Waals surface area contributed by atoms with Crippen LogP contribution in [0.5, 0.6) is 0 Å². The molecule has 0 nitrogen and oxygen atoms in total. The maximum atomic E-state index is 6.62. The summed E-state index contributed by atoms with van der Waals surface area (Å²) >= 11 is 30.4. The maximum Gasteiger partial charge on any atom is 0.303 e. The minimum absolute atomic E-state index is 0.793. The van der Waals surface area contributed by atoms with E-state index in [1.54, 1.807) is 0 Å². The first kappa shape index (κ1) is 21.5. The lowest BCUT2D eigenvalue weighted by atomic mass is 9.81. The second kappa shape index (κ2) is 9.08. The Morgan fingerprint density at radius 3 is 1.04 bits per heavy atom. The molecule has 7 heteroatoms. The molecule has 0 amide bonds. The van der Waals surface area contributed by atoms with Gasteiger partial charge < -0.3 is 0 Å². The van der Waals surface area contributed by atoms with Gasteiger partial charge in [-0.3, -0.25) is 15.8 Å². The molecule has 0 saturated heterocycles. The minimum atomic E-state index is -2.44. The molecule has 27 heavy (non-hydrogen) atoms. The molecular formula is C20H17BBrCl4P. The molecule has 0 atom stereocenters. The molecule has 0 aliphatic rings. The van der Waals surface area contributed by atoms with E-state index in [9.17, 15) is 0 Å². The van der Waals surface area contributed by atoms with Gasteiger partial charge in [-0.05, 0) is 43.5 Å². The Hall–Kier alpha value is -0.205. The Morgan fingerprint density at radius 1 is 0.556 bits per heavy atom. The van der Waals surface area contributed by atoms with Crippen LogP contribution in [-0.4, -0.2) is 14.2 Å². The van der Waals surface area contributed by atoms with E-state index in [1.165, 1.54) is 0 Å². The van der Waals surface area contributed by atoms with Crippen LogP contribution in [0.25, 0.3) is 0 Å². The van der Waals surface area contributed by atoms with Crippen LogP contribution < -0.4 is 15.9 Å². The van der Waals surface area contributed by atoms with Gasteiger partial charge in [-0.1, -0.05) is 54.6 Å². The molecule has 0 aromatic heterocycles. The SMILES string of the molecule is ClC(Cl)[B-](Br)(C(Cl)Cl)[P+](c1ccccc1)(c1ccccc1)c1ccccc1. The summed E-state index contributed by atoms with van der Waals surface area (Å²) in [6.45, 7) is 0. The van der Waals surface area contributed by atoms with E-state index in [2.05, 4.69) is 52.2 Å². The molecule has 0 N–H and O–H groups in total. The van der Waals surface area contributed by atoms with Crippen molar-refractivity contribution in [3.8, 4) is 0 Å². The molecule has 0 unspecified atom stereocenters. The van der Waals surface area contributed by atoms with Crippen molar-refractivity contribution < 1.29 is 0 Å². The lowest BCUT2D eigenvalue weighted by Crippen LogP contribution is -2.56. The number of hydrogen-bond acceptors (Lipinski definition) is 0. The van der Waals surface area contributed by atoms with E-state index in [1.807, 2.05) is 54.6 Å². The summed E-state index contributed by atoms with van der Waals surface area (Å²) in [4.78, 5) is 0. The van der Waals surface area contributed by atoms with Crippen molar-refractivity contribution in [2.75, 3.05) is 0 Å². The van der Waals surface area contributed by atoms with E-state index >= 15 is 0 Å². The van der Waals surface area contributed by atoms with E-state index in [-0.39, 0.29) is 0 Å². The standard InChI is InChI=1S/C20H17BBrCl4P/c22-21(19(23)24,20(25)26)27(16-10-4-1-5-11-16,17-12-6-2-7-13-17)18-14-8-3-9-15-18/h1-15,19-20H. The Morgan fingerprint density at radius 2 is 0.815 bits per heavy atom.